The Bertz CT molecular complexity index is 386. The fraction of sp³-hybridized carbons (Fsp3) is 0.625. The number of nitrogens with zero attached hydrogens (tertiary/aromatic N) is 1. The van der Waals surface area contributed by atoms with Crippen molar-refractivity contribution < 1.29 is 0 Å². The summed E-state index contributed by atoms with van der Waals surface area (Å²) in [6.45, 7) is 2.72. The number of benzene rings is 1. The minimum Gasteiger partial charge on any atom is -0.399 e. The summed E-state index contributed by atoms with van der Waals surface area (Å²) in [5, 5.41) is 0. The maximum absolute atomic E-state index is 5.71. The van der Waals surface area contributed by atoms with Crippen LogP contribution in [0, 0.1) is 5.92 Å². The lowest BCUT2D eigenvalue weighted by atomic mass is 9.81. The van der Waals surface area contributed by atoms with Gasteiger partial charge in [-0.25, -0.2) is 0 Å². The molecule has 1 unspecified atom stereocenters. The highest BCUT2D eigenvalue weighted by Crippen LogP contribution is 2.33. The van der Waals surface area contributed by atoms with Gasteiger partial charge in [0.1, 0.15) is 0 Å². The van der Waals surface area contributed by atoms with E-state index in [1.165, 1.54) is 57.2 Å². The van der Waals surface area contributed by atoms with Crippen LogP contribution in [0.4, 0.5) is 5.69 Å². The van der Waals surface area contributed by atoms with Gasteiger partial charge in [-0.15, -0.1) is 24.8 Å². The van der Waals surface area contributed by atoms with Crippen LogP contribution in [0.5, 0.6) is 0 Å². The Kier molecular flexibility index (Phi) is 7.14. The van der Waals surface area contributed by atoms with Crippen molar-refractivity contribution >= 4 is 30.5 Å². The second-order valence-electron chi connectivity index (χ2n) is 6.00. The zero-order valence-electron chi connectivity index (χ0n) is 12.0. The summed E-state index contributed by atoms with van der Waals surface area (Å²) in [6, 6.07) is 9.25. The molecule has 1 atom stereocenters. The van der Waals surface area contributed by atoms with Gasteiger partial charge in [0.2, 0.25) is 0 Å². The summed E-state index contributed by atoms with van der Waals surface area (Å²) in [4.78, 5) is 2.73. The van der Waals surface area contributed by atoms with Crippen LogP contribution in [0.2, 0.25) is 0 Å². The Morgan fingerprint density at radius 2 is 1.70 bits per heavy atom. The van der Waals surface area contributed by atoms with Crippen LogP contribution in [0.15, 0.2) is 24.3 Å². The van der Waals surface area contributed by atoms with E-state index in [0.29, 0.717) is 0 Å². The number of hydrogen-bond donors (Lipinski definition) is 1. The highest BCUT2D eigenvalue weighted by Gasteiger charge is 2.32. The first kappa shape index (κ1) is 17.6. The second-order valence-corrected chi connectivity index (χ2v) is 6.00. The number of aryl methyl sites for hydroxylation is 1. The van der Waals surface area contributed by atoms with Crippen molar-refractivity contribution in [3.63, 3.8) is 0 Å². The molecule has 114 valence electrons. The molecule has 0 aromatic heterocycles. The average molecular weight is 317 g/mol. The third-order valence-corrected chi connectivity index (χ3v) is 4.75. The Hall–Kier alpha value is -0.440. The molecule has 0 aliphatic carbocycles. The SMILES string of the molecule is Cl.Cl.Nc1ccc(CCCC2CC3CCN2CC3)cc1. The van der Waals surface area contributed by atoms with Crippen LogP contribution in [0.25, 0.3) is 0 Å². The van der Waals surface area contributed by atoms with Crippen LogP contribution in [0.1, 0.15) is 37.7 Å². The maximum Gasteiger partial charge on any atom is 0.0314 e. The smallest absolute Gasteiger partial charge is 0.0314 e. The van der Waals surface area contributed by atoms with Crippen molar-refractivity contribution in [2.45, 2.75) is 44.6 Å². The van der Waals surface area contributed by atoms with Gasteiger partial charge in [-0.05, 0) is 75.2 Å². The van der Waals surface area contributed by atoms with Crippen molar-refractivity contribution in [2.24, 2.45) is 5.92 Å². The van der Waals surface area contributed by atoms with Gasteiger partial charge in [0, 0.05) is 11.7 Å². The molecule has 2 bridgehead atoms. The van der Waals surface area contributed by atoms with Gasteiger partial charge in [-0.3, -0.25) is 0 Å². The molecular formula is C16H26Cl2N2. The molecule has 2 nitrogen and oxygen atoms in total. The van der Waals surface area contributed by atoms with Crippen molar-refractivity contribution in [1.82, 2.24) is 4.90 Å². The molecule has 0 amide bonds. The van der Waals surface area contributed by atoms with E-state index in [1.54, 1.807) is 0 Å². The Labute approximate surface area is 134 Å². The molecule has 3 aliphatic rings. The van der Waals surface area contributed by atoms with Crippen molar-refractivity contribution in [2.75, 3.05) is 18.8 Å². The summed E-state index contributed by atoms with van der Waals surface area (Å²) in [5.41, 5.74) is 8.01. The van der Waals surface area contributed by atoms with E-state index in [9.17, 15) is 0 Å². The number of piperidine rings is 3. The first-order chi connectivity index (χ1) is 8.81. The lowest BCUT2D eigenvalue weighted by Crippen LogP contribution is -2.48. The normalized spacial score (nSPS) is 27.5. The van der Waals surface area contributed by atoms with Crippen LogP contribution in [0.3, 0.4) is 0 Å². The minimum atomic E-state index is 0. The average Bonchev–Trinajstić information content (AvgIpc) is 2.42. The standard InChI is InChI=1S/C16H24N2.2ClH/c17-15-6-4-13(5-7-15)2-1-3-16-12-14-8-10-18(16)11-9-14;;/h4-7,14,16H,1-3,8-12,17H2;2*1H. The third kappa shape index (κ3) is 4.28. The quantitative estimate of drug-likeness (QED) is 0.853. The lowest BCUT2D eigenvalue weighted by molar-refractivity contribution is 0.0442. The largest absolute Gasteiger partial charge is 0.399 e. The molecule has 3 aliphatic heterocycles. The highest BCUT2D eigenvalue weighted by atomic mass is 35.5. The van der Waals surface area contributed by atoms with Gasteiger partial charge in [-0.2, -0.15) is 0 Å². The summed E-state index contributed by atoms with van der Waals surface area (Å²) in [7, 11) is 0. The number of hydrogen-bond acceptors (Lipinski definition) is 2. The molecular weight excluding hydrogens is 291 g/mol. The fourth-order valence-electron chi connectivity index (χ4n) is 3.61. The van der Waals surface area contributed by atoms with Crippen molar-refractivity contribution in [3.05, 3.63) is 29.8 Å². The molecule has 2 N–H and O–H groups in total. The number of nitrogens with two attached hydrogens (primary N) is 1. The molecule has 3 heterocycles. The molecule has 3 saturated heterocycles. The van der Waals surface area contributed by atoms with Crippen molar-refractivity contribution in [1.29, 1.82) is 0 Å². The van der Waals surface area contributed by atoms with E-state index >= 15 is 0 Å². The molecule has 1 aromatic carbocycles. The topological polar surface area (TPSA) is 29.3 Å². The first-order valence-corrected chi connectivity index (χ1v) is 7.40. The zero-order valence-corrected chi connectivity index (χ0v) is 13.6. The van der Waals surface area contributed by atoms with E-state index in [2.05, 4.69) is 17.0 Å². The molecule has 0 spiro atoms. The predicted molar refractivity (Wildman–Crippen MR) is 91.0 cm³/mol. The number of anilines is 1. The number of rotatable bonds is 4. The van der Waals surface area contributed by atoms with E-state index < -0.39 is 0 Å². The van der Waals surface area contributed by atoms with Crippen LogP contribution in [-0.2, 0) is 6.42 Å². The first-order valence-electron chi connectivity index (χ1n) is 7.40. The van der Waals surface area contributed by atoms with E-state index in [4.69, 9.17) is 5.73 Å². The Balaban J connectivity index is 0.000001000. The highest BCUT2D eigenvalue weighted by molar-refractivity contribution is 5.85. The number of nitrogen functional groups attached to an aromatic ring is 1. The van der Waals surface area contributed by atoms with Crippen molar-refractivity contribution in [3.8, 4) is 0 Å². The number of fused-ring (bicyclic) bond motifs is 3. The van der Waals surface area contributed by atoms with Gasteiger partial charge in [-0.1, -0.05) is 12.1 Å². The zero-order chi connectivity index (χ0) is 12.4. The van der Waals surface area contributed by atoms with E-state index in [-0.39, 0.29) is 24.8 Å². The molecule has 20 heavy (non-hydrogen) atoms. The molecule has 1 aromatic rings. The third-order valence-electron chi connectivity index (χ3n) is 4.75. The predicted octanol–water partition coefficient (Wildman–Crippen LogP) is 3.92. The minimum absolute atomic E-state index is 0. The Morgan fingerprint density at radius 1 is 1.05 bits per heavy atom. The van der Waals surface area contributed by atoms with Crippen LogP contribution >= 0.6 is 24.8 Å². The van der Waals surface area contributed by atoms with Gasteiger partial charge >= 0.3 is 0 Å². The summed E-state index contributed by atoms with van der Waals surface area (Å²) in [6.07, 6.45) is 8.26. The molecule has 4 rings (SSSR count). The van der Waals surface area contributed by atoms with Crippen LogP contribution < -0.4 is 5.73 Å². The summed E-state index contributed by atoms with van der Waals surface area (Å²) in [5.74, 6) is 1.04. The number of halogens is 2. The monoisotopic (exact) mass is 316 g/mol. The molecule has 3 fully saturated rings. The maximum atomic E-state index is 5.71. The van der Waals surface area contributed by atoms with E-state index in [1.807, 2.05) is 12.1 Å². The summed E-state index contributed by atoms with van der Waals surface area (Å²) >= 11 is 0. The van der Waals surface area contributed by atoms with Gasteiger partial charge in [0.25, 0.3) is 0 Å². The van der Waals surface area contributed by atoms with Gasteiger partial charge in [0.05, 0.1) is 0 Å². The Morgan fingerprint density at radius 3 is 2.25 bits per heavy atom. The molecule has 0 saturated carbocycles. The van der Waals surface area contributed by atoms with Gasteiger partial charge in [0.15, 0.2) is 0 Å². The lowest BCUT2D eigenvalue weighted by Gasteiger charge is -2.45. The second kappa shape index (κ2) is 8.11. The molecule has 0 radical (unpaired) electrons. The molecule has 4 heteroatoms. The van der Waals surface area contributed by atoms with Crippen LogP contribution in [-0.4, -0.2) is 24.0 Å². The van der Waals surface area contributed by atoms with E-state index in [0.717, 1.165) is 17.6 Å². The fourth-order valence-corrected chi connectivity index (χ4v) is 3.61. The summed E-state index contributed by atoms with van der Waals surface area (Å²) < 4.78 is 0. The van der Waals surface area contributed by atoms with Gasteiger partial charge < -0.3 is 10.6 Å².